The molecule has 2 aromatic rings. The smallest absolute Gasteiger partial charge is 0.272 e. The molecule has 5 nitrogen and oxygen atoms in total. The van der Waals surface area contributed by atoms with Gasteiger partial charge in [-0.2, -0.15) is 0 Å². The molecule has 0 saturated heterocycles. The summed E-state index contributed by atoms with van der Waals surface area (Å²) in [6.45, 7) is 0.598. The maximum atomic E-state index is 10.6. The Kier molecular flexibility index (Phi) is 4.57. The quantitative estimate of drug-likeness (QED) is 0.668. The van der Waals surface area contributed by atoms with Crippen molar-refractivity contribution >= 4 is 45.9 Å². The number of non-ortho nitro benzene ring substituents is 1. The minimum atomic E-state index is -0.531. The lowest BCUT2D eigenvalue weighted by atomic mass is 10.2. The van der Waals surface area contributed by atoms with Gasteiger partial charge in [0.05, 0.1) is 31.9 Å². The lowest BCUT2D eigenvalue weighted by molar-refractivity contribution is -0.384. The average Bonchev–Trinajstić information content (AvgIpc) is 2.85. The summed E-state index contributed by atoms with van der Waals surface area (Å²) in [6, 6.07) is 2.55. The van der Waals surface area contributed by atoms with Crippen LogP contribution < -0.4 is 5.32 Å². The zero-order valence-corrected chi connectivity index (χ0v) is 11.9. The third-order valence-corrected chi connectivity index (χ3v) is 3.64. The molecule has 0 spiro atoms. The molecule has 0 saturated carbocycles. The Balaban J connectivity index is 2.06. The van der Waals surface area contributed by atoms with Crippen LogP contribution in [0.3, 0.4) is 0 Å². The van der Waals surface area contributed by atoms with Crippen LogP contribution in [-0.4, -0.2) is 16.5 Å². The number of hydrogen-bond donors (Lipinski definition) is 1. The van der Waals surface area contributed by atoms with E-state index in [9.17, 15) is 10.1 Å². The molecule has 0 aliphatic carbocycles. The van der Waals surface area contributed by atoms with Crippen molar-refractivity contribution in [2.75, 3.05) is 11.9 Å². The van der Waals surface area contributed by atoms with E-state index in [1.54, 1.807) is 5.51 Å². The molecular weight excluding hydrogens is 309 g/mol. The predicted molar refractivity (Wildman–Crippen MR) is 77.4 cm³/mol. The Labute approximate surface area is 123 Å². The number of benzene rings is 1. The lowest BCUT2D eigenvalue weighted by Gasteiger charge is -2.09. The lowest BCUT2D eigenvalue weighted by Crippen LogP contribution is -2.06. The number of anilines is 1. The molecule has 8 heteroatoms. The maximum absolute atomic E-state index is 10.6. The number of nitrogens with zero attached hydrogens (tertiary/aromatic N) is 2. The summed E-state index contributed by atoms with van der Waals surface area (Å²) in [7, 11) is 0. The largest absolute Gasteiger partial charge is 0.382 e. The first-order valence-corrected chi connectivity index (χ1v) is 7.02. The van der Waals surface area contributed by atoms with Crippen LogP contribution in [-0.2, 0) is 6.42 Å². The van der Waals surface area contributed by atoms with Crippen LogP contribution >= 0.6 is 34.5 Å². The van der Waals surface area contributed by atoms with Crippen molar-refractivity contribution < 1.29 is 4.92 Å². The minimum Gasteiger partial charge on any atom is -0.382 e. The summed E-state index contributed by atoms with van der Waals surface area (Å²) in [6.07, 6.45) is 0.729. The maximum Gasteiger partial charge on any atom is 0.272 e. The molecule has 2 rings (SSSR count). The zero-order chi connectivity index (χ0) is 13.8. The van der Waals surface area contributed by atoms with Crippen LogP contribution in [0.2, 0.25) is 10.0 Å². The van der Waals surface area contributed by atoms with Gasteiger partial charge >= 0.3 is 0 Å². The fourth-order valence-corrected chi connectivity index (χ4v) is 2.71. The molecule has 0 aliphatic rings. The number of aromatic nitrogens is 1. The number of nitrogens with one attached hydrogen (secondary N) is 1. The third kappa shape index (κ3) is 3.56. The highest BCUT2D eigenvalue weighted by Crippen LogP contribution is 2.34. The van der Waals surface area contributed by atoms with Crippen LogP contribution in [0.1, 0.15) is 5.69 Å². The molecule has 0 atom stereocenters. The van der Waals surface area contributed by atoms with Crippen molar-refractivity contribution in [3.8, 4) is 0 Å². The predicted octanol–water partition coefficient (Wildman–Crippen LogP) is 4.01. The van der Waals surface area contributed by atoms with Crippen molar-refractivity contribution in [3.63, 3.8) is 0 Å². The van der Waals surface area contributed by atoms with Crippen molar-refractivity contribution in [2.24, 2.45) is 0 Å². The van der Waals surface area contributed by atoms with Gasteiger partial charge in [0, 0.05) is 30.5 Å². The first kappa shape index (κ1) is 14.0. The van der Waals surface area contributed by atoms with Gasteiger partial charge in [-0.3, -0.25) is 10.1 Å². The highest BCUT2D eigenvalue weighted by Gasteiger charge is 2.14. The summed E-state index contributed by atoms with van der Waals surface area (Å²) in [5.41, 5.74) is 3.12. The Morgan fingerprint density at radius 3 is 2.58 bits per heavy atom. The first-order chi connectivity index (χ1) is 9.08. The summed E-state index contributed by atoms with van der Waals surface area (Å²) in [5, 5.41) is 16.1. The van der Waals surface area contributed by atoms with Crippen LogP contribution in [0.25, 0.3) is 0 Å². The first-order valence-electron chi connectivity index (χ1n) is 5.32. The highest BCUT2D eigenvalue weighted by molar-refractivity contribution is 7.07. The van der Waals surface area contributed by atoms with E-state index in [-0.39, 0.29) is 15.7 Å². The second-order valence-corrected chi connectivity index (χ2v) is 5.23. The Morgan fingerprint density at radius 2 is 2.05 bits per heavy atom. The fraction of sp³-hybridized carbons (Fsp3) is 0.182. The molecule has 0 fully saturated rings. The molecular formula is C11H9Cl2N3O2S. The van der Waals surface area contributed by atoms with Crippen molar-refractivity contribution in [1.82, 2.24) is 4.98 Å². The van der Waals surface area contributed by atoms with Gasteiger partial charge in [0.1, 0.15) is 0 Å². The Hall–Kier alpha value is -1.37. The third-order valence-electron chi connectivity index (χ3n) is 2.40. The van der Waals surface area contributed by atoms with E-state index < -0.39 is 4.92 Å². The van der Waals surface area contributed by atoms with Crippen molar-refractivity contribution in [2.45, 2.75) is 6.42 Å². The van der Waals surface area contributed by atoms with E-state index in [4.69, 9.17) is 23.2 Å². The van der Waals surface area contributed by atoms with Gasteiger partial charge in [-0.15, -0.1) is 11.3 Å². The summed E-state index contributed by atoms with van der Waals surface area (Å²) in [5.74, 6) is 0. The second kappa shape index (κ2) is 6.18. The van der Waals surface area contributed by atoms with Crippen molar-refractivity contribution in [3.05, 3.63) is 48.9 Å². The number of rotatable bonds is 5. The van der Waals surface area contributed by atoms with E-state index >= 15 is 0 Å². The average molecular weight is 318 g/mol. The Morgan fingerprint density at radius 1 is 1.37 bits per heavy atom. The summed E-state index contributed by atoms with van der Waals surface area (Å²) < 4.78 is 0. The molecule has 0 aliphatic heterocycles. The molecule has 0 amide bonds. The van der Waals surface area contributed by atoms with E-state index in [1.807, 2.05) is 5.38 Å². The van der Waals surface area contributed by atoms with Gasteiger partial charge in [-0.05, 0) is 0 Å². The van der Waals surface area contributed by atoms with Crippen LogP contribution in [0.4, 0.5) is 11.4 Å². The number of hydrogen-bond acceptors (Lipinski definition) is 5. The second-order valence-electron chi connectivity index (χ2n) is 3.70. The van der Waals surface area contributed by atoms with Gasteiger partial charge in [0.15, 0.2) is 0 Å². The molecule has 0 unspecified atom stereocenters. The summed E-state index contributed by atoms with van der Waals surface area (Å²) in [4.78, 5) is 14.3. The fourth-order valence-electron chi connectivity index (χ4n) is 1.51. The van der Waals surface area contributed by atoms with E-state index in [2.05, 4.69) is 10.3 Å². The van der Waals surface area contributed by atoms with Gasteiger partial charge in [-0.1, -0.05) is 23.2 Å². The minimum absolute atomic E-state index is 0.125. The molecule has 1 N–H and O–H groups in total. The number of thiazole rings is 1. The summed E-state index contributed by atoms with van der Waals surface area (Å²) >= 11 is 13.5. The SMILES string of the molecule is O=[N+]([O-])c1cc(Cl)c(NCCc2cscn2)c(Cl)c1. The Bertz CT molecular complexity index is 567. The van der Waals surface area contributed by atoms with Crippen LogP contribution in [0.15, 0.2) is 23.0 Å². The topological polar surface area (TPSA) is 68.1 Å². The molecule has 1 aromatic carbocycles. The zero-order valence-electron chi connectivity index (χ0n) is 9.60. The monoisotopic (exact) mass is 317 g/mol. The van der Waals surface area contributed by atoms with Crippen molar-refractivity contribution in [1.29, 1.82) is 0 Å². The molecule has 100 valence electrons. The number of nitro groups is 1. The van der Waals surface area contributed by atoms with Gasteiger partial charge in [0.25, 0.3) is 5.69 Å². The van der Waals surface area contributed by atoms with E-state index in [1.165, 1.54) is 23.5 Å². The molecule has 19 heavy (non-hydrogen) atoms. The number of nitro benzene ring substituents is 1. The van der Waals surface area contributed by atoms with Gasteiger partial charge in [-0.25, -0.2) is 4.98 Å². The van der Waals surface area contributed by atoms with Crippen LogP contribution in [0, 0.1) is 10.1 Å². The van der Waals surface area contributed by atoms with Gasteiger partial charge in [0.2, 0.25) is 0 Å². The number of halogens is 2. The van der Waals surface area contributed by atoms with E-state index in [0.717, 1.165) is 12.1 Å². The molecule has 1 heterocycles. The van der Waals surface area contributed by atoms with E-state index in [0.29, 0.717) is 12.2 Å². The van der Waals surface area contributed by atoms with Crippen LogP contribution in [0.5, 0.6) is 0 Å². The highest BCUT2D eigenvalue weighted by atomic mass is 35.5. The normalized spacial score (nSPS) is 10.4. The standard InChI is InChI=1S/C11H9Cl2N3O2S/c12-9-3-8(16(17)18)4-10(13)11(9)14-2-1-7-5-19-6-15-7/h3-6,14H,1-2H2. The van der Waals surface area contributed by atoms with Gasteiger partial charge < -0.3 is 5.32 Å². The molecule has 1 aromatic heterocycles. The molecule has 0 radical (unpaired) electrons. The molecule has 0 bridgehead atoms.